The van der Waals surface area contributed by atoms with Gasteiger partial charge in [-0.1, -0.05) is 6.92 Å². The molecule has 0 aromatic heterocycles. The first-order valence-electron chi connectivity index (χ1n) is 4.78. The number of carbonyl (C=O) groups excluding carboxylic acids is 1. The molecule has 0 fully saturated rings. The second-order valence-corrected chi connectivity index (χ2v) is 3.05. The summed E-state index contributed by atoms with van der Waals surface area (Å²) in [4.78, 5) is 11.3. The van der Waals surface area contributed by atoms with Crippen LogP contribution < -0.4 is 0 Å². The SMILES string of the molecule is CCOC(=O)c1cc(CC)cc(O)c1F. The number of benzene rings is 1. The van der Waals surface area contributed by atoms with E-state index in [1.165, 1.54) is 12.1 Å². The van der Waals surface area contributed by atoms with E-state index >= 15 is 0 Å². The first-order valence-corrected chi connectivity index (χ1v) is 4.78. The molecule has 1 aromatic rings. The first-order chi connectivity index (χ1) is 7.10. The van der Waals surface area contributed by atoms with Crippen LogP contribution in [0, 0.1) is 5.82 Å². The van der Waals surface area contributed by atoms with Crippen molar-refractivity contribution in [2.75, 3.05) is 6.61 Å². The fourth-order valence-electron chi connectivity index (χ4n) is 1.23. The smallest absolute Gasteiger partial charge is 0.341 e. The molecular weight excluding hydrogens is 199 g/mol. The number of hydrogen-bond donors (Lipinski definition) is 1. The normalized spacial score (nSPS) is 10.1. The summed E-state index contributed by atoms with van der Waals surface area (Å²) >= 11 is 0. The van der Waals surface area contributed by atoms with Crippen LogP contribution in [0.15, 0.2) is 12.1 Å². The van der Waals surface area contributed by atoms with Crippen molar-refractivity contribution in [3.8, 4) is 5.75 Å². The Hall–Kier alpha value is -1.58. The number of rotatable bonds is 3. The molecule has 1 N–H and O–H groups in total. The van der Waals surface area contributed by atoms with Crippen LogP contribution in [0.5, 0.6) is 5.75 Å². The highest BCUT2D eigenvalue weighted by Crippen LogP contribution is 2.22. The predicted molar refractivity (Wildman–Crippen MR) is 53.4 cm³/mol. The largest absolute Gasteiger partial charge is 0.505 e. The number of carbonyl (C=O) groups is 1. The lowest BCUT2D eigenvalue weighted by Crippen LogP contribution is -2.08. The van der Waals surface area contributed by atoms with Crippen molar-refractivity contribution in [1.82, 2.24) is 0 Å². The lowest BCUT2D eigenvalue weighted by atomic mass is 10.1. The van der Waals surface area contributed by atoms with Gasteiger partial charge in [-0.25, -0.2) is 9.18 Å². The van der Waals surface area contributed by atoms with E-state index in [2.05, 4.69) is 4.74 Å². The number of hydrogen-bond acceptors (Lipinski definition) is 3. The van der Waals surface area contributed by atoms with Crippen molar-refractivity contribution in [3.05, 3.63) is 29.1 Å². The van der Waals surface area contributed by atoms with E-state index < -0.39 is 17.5 Å². The summed E-state index contributed by atoms with van der Waals surface area (Å²) in [5.41, 5.74) is 0.477. The van der Waals surface area contributed by atoms with Gasteiger partial charge in [-0.15, -0.1) is 0 Å². The maximum atomic E-state index is 13.3. The van der Waals surface area contributed by atoms with Crippen molar-refractivity contribution < 1.29 is 19.0 Å². The van der Waals surface area contributed by atoms with Crippen LogP contribution in [0.1, 0.15) is 29.8 Å². The summed E-state index contributed by atoms with van der Waals surface area (Å²) in [6.07, 6.45) is 0.611. The fourth-order valence-corrected chi connectivity index (χ4v) is 1.23. The zero-order valence-electron chi connectivity index (χ0n) is 8.71. The minimum Gasteiger partial charge on any atom is -0.505 e. The lowest BCUT2D eigenvalue weighted by Gasteiger charge is -2.06. The molecule has 1 rings (SSSR count). The summed E-state index contributed by atoms with van der Waals surface area (Å²) in [5, 5.41) is 9.25. The quantitative estimate of drug-likeness (QED) is 0.782. The van der Waals surface area contributed by atoms with E-state index in [4.69, 9.17) is 0 Å². The lowest BCUT2D eigenvalue weighted by molar-refractivity contribution is 0.0520. The summed E-state index contributed by atoms with van der Waals surface area (Å²) in [6, 6.07) is 2.70. The Labute approximate surface area is 87.5 Å². The van der Waals surface area contributed by atoms with Crippen LogP contribution in [-0.2, 0) is 11.2 Å². The van der Waals surface area contributed by atoms with Crippen LogP contribution in [0.25, 0.3) is 0 Å². The Kier molecular flexibility index (Phi) is 3.66. The minimum absolute atomic E-state index is 0.176. The van der Waals surface area contributed by atoms with Gasteiger partial charge in [0.2, 0.25) is 0 Å². The first kappa shape index (κ1) is 11.5. The molecule has 3 nitrogen and oxygen atoms in total. The molecule has 0 aliphatic carbocycles. The molecule has 0 unspecified atom stereocenters. The highest BCUT2D eigenvalue weighted by Gasteiger charge is 2.17. The summed E-state index contributed by atoms with van der Waals surface area (Å²) < 4.78 is 18.0. The topological polar surface area (TPSA) is 46.5 Å². The Morgan fingerprint density at radius 2 is 2.13 bits per heavy atom. The molecule has 0 bridgehead atoms. The van der Waals surface area contributed by atoms with E-state index in [9.17, 15) is 14.3 Å². The van der Waals surface area contributed by atoms with Crippen LogP contribution >= 0.6 is 0 Å². The van der Waals surface area contributed by atoms with Gasteiger partial charge in [0, 0.05) is 0 Å². The van der Waals surface area contributed by atoms with Gasteiger partial charge in [0.15, 0.2) is 11.6 Å². The molecule has 1 aromatic carbocycles. The van der Waals surface area contributed by atoms with Crippen molar-refractivity contribution in [1.29, 1.82) is 0 Å². The highest BCUT2D eigenvalue weighted by atomic mass is 19.1. The fraction of sp³-hybridized carbons (Fsp3) is 0.364. The average molecular weight is 212 g/mol. The molecule has 0 aliphatic rings. The zero-order chi connectivity index (χ0) is 11.4. The van der Waals surface area contributed by atoms with E-state index in [-0.39, 0.29) is 12.2 Å². The molecule has 15 heavy (non-hydrogen) atoms. The number of phenols is 1. The molecule has 0 spiro atoms. The standard InChI is InChI=1S/C11H13FO3/c1-3-7-5-8(11(14)15-4-2)10(12)9(13)6-7/h5-6,13H,3-4H2,1-2H3. The van der Waals surface area contributed by atoms with E-state index in [0.29, 0.717) is 12.0 Å². The van der Waals surface area contributed by atoms with E-state index in [1.807, 2.05) is 6.92 Å². The van der Waals surface area contributed by atoms with Crippen LogP contribution in [0.4, 0.5) is 4.39 Å². The van der Waals surface area contributed by atoms with Crippen LogP contribution in [-0.4, -0.2) is 17.7 Å². The third kappa shape index (κ3) is 2.46. The third-order valence-corrected chi connectivity index (χ3v) is 2.02. The molecule has 0 amide bonds. The molecular formula is C11H13FO3. The second kappa shape index (κ2) is 4.77. The summed E-state index contributed by atoms with van der Waals surface area (Å²) in [6.45, 7) is 3.66. The van der Waals surface area contributed by atoms with E-state index in [0.717, 1.165) is 0 Å². The Morgan fingerprint density at radius 1 is 1.47 bits per heavy atom. The van der Waals surface area contributed by atoms with Gasteiger partial charge in [0.1, 0.15) is 0 Å². The van der Waals surface area contributed by atoms with Crippen LogP contribution in [0.3, 0.4) is 0 Å². The summed E-state index contributed by atoms with van der Waals surface area (Å²) in [7, 11) is 0. The maximum absolute atomic E-state index is 13.3. The number of ether oxygens (including phenoxy) is 1. The molecule has 0 saturated carbocycles. The second-order valence-electron chi connectivity index (χ2n) is 3.05. The van der Waals surface area contributed by atoms with Gasteiger partial charge in [-0.3, -0.25) is 0 Å². The van der Waals surface area contributed by atoms with Gasteiger partial charge in [-0.2, -0.15) is 0 Å². The summed E-state index contributed by atoms with van der Waals surface area (Å²) in [5.74, 6) is -2.19. The van der Waals surface area contributed by atoms with E-state index in [1.54, 1.807) is 6.92 Å². The van der Waals surface area contributed by atoms with Crippen molar-refractivity contribution in [3.63, 3.8) is 0 Å². The van der Waals surface area contributed by atoms with Crippen molar-refractivity contribution >= 4 is 5.97 Å². The molecule has 0 atom stereocenters. The molecule has 0 heterocycles. The minimum atomic E-state index is -0.925. The predicted octanol–water partition coefficient (Wildman–Crippen LogP) is 2.27. The van der Waals surface area contributed by atoms with Gasteiger partial charge in [-0.05, 0) is 31.0 Å². The van der Waals surface area contributed by atoms with Gasteiger partial charge in [0.05, 0.1) is 12.2 Å². The van der Waals surface area contributed by atoms with Gasteiger partial charge in [0.25, 0.3) is 0 Å². The van der Waals surface area contributed by atoms with Crippen LogP contribution in [0.2, 0.25) is 0 Å². The van der Waals surface area contributed by atoms with Gasteiger partial charge >= 0.3 is 5.97 Å². The Bertz CT molecular complexity index is 374. The molecule has 0 radical (unpaired) electrons. The zero-order valence-corrected chi connectivity index (χ0v) is 8.71. The Morgan fingerprint density at radius 3 is 2.67 bits per heavy atom. The monoisotopic (exact) mass is 212 g/mol. The third-order valence-electron chi connectivity index (χ3n) is 2.02. The highest BCUT2D eigenvalue weighted by molar-refractivity contribution is 5.90. The van der Waals surface area contributed by atoms with Crippen molar-refractivity contribution in [2.24, 2.45) is 0 Å². The number of esters is 1. The number of aromatic hydroxyl groups is 1. The maximum Gasteiger partial charge on any atom is 0.341 e. The average Bonchev–Trinajstić information content (AvgIpc) is 2.22. The molecule has 0 saturated heterocycles. The molecule has 0 aliphatic heterocycles. The number of halogens is 1. The number of aryl methyl sites for hydroxylation is 1. The van der Waals surface area contributed by atoms with Crippen molar-refractivity contribution in [2.45, 2.75) is 20.3 Å². The molecule has 4 heteroatoms. The Balaban J connectivity index is 3.15. The number of phenolic OH excluding ortho intramolecular Hbond substituents is 1. The molecule has 82 valence electrons. The van der Waals surface area contributed by atoms with Gasteiger partial charge < -0.3 is 9.84 Å².